The lowest BCUT2D eigenvalue weighted by Gasteiger charge is -2.22. The number of hydrogen-bond donors (Lipinski definition) is 1. The zero-order valence-electron chi connectivity index (χ0n) is 21.9. The summed E-state index contributed by atoms with van der Waals surface area (Å²) in [6.45, 7) is 6.45. The van der Waals surface area contributed by atoms with E-state index >= 15 is 0 Å². The molecule has 38 heavy (non-hydrogen) atoms. The highest BCUT2D eigenvalue weighted by molar-refractivity contribution is 7.18. The zero-order chi connectivity index (χ0) is 26.5. The van der Waals surface area contributed by atoms with Crippen LogP contribution >= 0.6 is 11.3 Å². The zero-order valence-corrected chi connectivity index (χ0v) is 22.7. The summed E-state index contributed by atoms with van der Waals surface area (Å²) in [4.78, 5) is 18.3. The first kappa shape index (κ1) is 25.7. The lowest BCUT2D eigenvalue weighted by Crippen LogP contribution is -2.29. The number of rotatable bonds is 6. The van der Waals surface area contributed by atoms with Crippen LogP contribution in [0.3, 0.4) is 0 Å². The van der Waals surface area contributed by atoms with Gasteiger partial charge in [0.15, 0.2) is 0 Å². The summed E-state index contributed by atoms with van der Waals surface area (Å²) in [7, 11) is 1.86. The molecule has 1 N–H and O–H groups in total. The molecule has 1 fully saturated rings. The number of aryl methyl sites for hydroxylation is 1. The van der Waals surface area contributed by atoms with Gasteiger partial charge in [-0.3, -0.25) is 14.2 Å². The van der Waals surface area contributed by atoms with Crippen molar-refractivity contribution in [3.05, 3.63) is 83.3 Å². The molecule has 196 valence electrons. The third-order valence-corrected chi connectivity index (χ3v) is 7.54. The van der Waals surface area contributed by atoms with E-state index in [2.05, 4.69) is 42.5 Å². The van der Waals surface area contributed by atoms with Crippen molar-refractivity contribution in [2.24, 2.45) is 7.05 Å². The molecule has 1 aromatic carbocycles. The Kier molecular flexibility index (Phi) is 7.90. The van der Waals surface area contributed by atoms with Gasteiger partial charge in [-0.2, -0.15) is 15.3 Å². The number of nitrogens with zero attached hydrogens (tertiary/aromatic N) is 7. The van der Waals surface area contributed by atoms with Gasteiger partial charge in [0.05, 0.1) is 35.6 Å². The number of hydrogen-bond acceptors (Lipinski definition) is 7. The smallest absolute Gasteiger partial charge is 0.267 e. The minimum atomic E-state index is -0.143. The van der Waals surface area contributed by atoms with Gasteiger partial charge in [0.1, 0.15) is 5.01 Å². The highest BCUT2D eigenvalue weighted by atomic mass is 32.1. The van der Waals surface area contributed by atoms with Crippen LogP contribution in [-0.4, -0.2) is 47.4 Å². The molecule has 10 heteroatoms. The van der Waals surface area contributed by atoms with Crippen LogP contribution in [-0.2, 0) is 13.6 Å². The Hall–Kier alpha value is -3.89. The van der Waals surface area contributed by atoms with Crippen LogP contribution in [0.1, 0.15) is 38.3 Å². The van der Waals surface area contributed by atoms with Crippen molar-refractivity contribution in [3.63, 3.8) is 0 Å². The predicted octanol–water partition coefficient (Wildman–Crippen LogP) is 4.63. The monoisotopic (exact) mass is 528 g/mol. The number of nitrogens with one attached hydrogen (secondary N) is 1. The summed E-state index contributed by atoms with van der Waals surface area (Å²) in [6, 6.07) is 11.9. The lowest BCUT2D eigenvalue weighted by molar-refractivity contribution is 0.343. The summed E-state index contributed by atoms with van der Waals surface area (Å²) in [5, 5.41) is 17.7. The van der Waals surface area contributed by atoms with E-state index in [-0.39, 0.29) is 5.56 Å². The quantitative estimate of drug-likeness (QED) is 0.345. The Morgan fingerprint density at radius 2 is 1.79 bits per heavy atom. The van der Waals surface area contributed by atoms with Gasteiger partial charge in [-0.05, 0) is 43.6 Å². The molecule has 9 nitrogen and oxygen atoms in total. The molecule has 1 aliphatic rings. The summed E-state index contributed by atoms with van der Waals surface area (Å²) in [6.07, 6.45) is 11.8. The maximum Gasteiger partial charge on any atom is 0.267 e. The normalized spacial score (nSPS) is 13.8. The molecule has 0 atom stereocenters. The van der Waals surface area contributed by atoms with E-state index in [4.69, 9.17) is 0 Å². The van der Waals surface area contributed by atoms with Gasteiger partial charge in [-0.1, -0.05) is 32.0 Å². The molecule has 0 aliphatic carbocycles. The molecule has 0 saturated carbocycles. The van der Waals surface area contributed by atoms with E-state index in [0.717, 1.165) is 58.1 Å². The Morgan fingerprint density at radius 3 is 2.58 bits per heavy atom. The molecule has 1 aliphatic heterocycles. The Morgan fingerprint density at radius 1 is 0.974 bits per heavy atom. The van der Waals surface area contributed by atoms with Crippen LogP contribution in [0.25, 0.3) is 32.3 Å². The first-order chi connectivity index (χ1) is 18.6. The van der Waals surface area contributed by atoms with Crippen molar-refractivity contribution < 1.29 is 0 Å². The van der Waals surface area contributed by atoms with Gasteiger partial charge in [0.2, 0.25) is 0 Å². The molecular weight excluding hydrogens is 496 g/mol. The van der Waals surface area contributed by atoms with Gasteiger partial charge in [0, 0.05) is 48.4 Å². The minimum absolute atomic E-state index is 0.143. The molecule has 0 spiro atoms. The van der Waals surface area contributed by atoms with Gasteiger partial charge in [0.25, 0.3) is 5.56 Å². The van der Waals surface area contributed by atoms with Crippen LogP contribution in [0.2, 0.25) is 0 Å². The SMILES string of the molecule is CC.Cn1cc(-c2ccc(=O)n(Cc3cccc(-c4ncc(-c5cnn(C6CCNCC6)c5)s4)c3)n2)cn1. The second kappa shape index (κ2) is 11.7. The lowest BCUT2D eigenvalue weighted by atomic mass is 10.1. The Balaban J connectivity index is 0.00000144. The predicted molar refractivity (Wildman–Crippen MR) is 151 cm³/mol. The fourth-order valence-electron chi connectivity index (χ4n) is 4.52. The van der Waals surface area contributed by atoms with Gasteiger partial charge in [-0.25, -0.2) is 9.67 Å². The van der Waals surface area contributed by atoms with E-state index in [0.29, 0.717) is 18.3 Å². The van der Waals surface area contributed by atoms with E-state index in [9.17, 15) is 4.79 Å². The Bertz CT molecular complexity index is 1560. The molecule has 6 rings (SSSR count). The third-order valence-electron chi connectivity index (χ3n) is 6.45. The average Bonchev–Trinajstić information content (AvgIpc) is 3.73. The highest BCUT2D eigenvalue weighted by Gasteiger charge is 2.17. The van der Waals surface area contributed by atoms with Crippen LogP contribution in [0.5, 0.6) is 0 Å². The maximum absolute atomic E-state index is 12.5. The van der Waals surface area contributed by atoms with Crippen LogP contribution in [0, 0.1) is 0 Å². The first-order valence-corrected chi connectivity index (χ1v) is 13.8. The fraction of sp³-hybridized carbons (Fsp3) is 0.321. The average molecular weight is 529 g/mol. The molecule has 0 bridgehead atoms. The van der Waals surface area contributed by atoms with Crippen LogP contribution < -0.4 is 10.9 Å². The summed E-state index contributed by atoms with van der Waals surface area (Å²) in [5.41, 5.74) is 4.55. The van der Waals surface area contributed by atoms with Crippen molar-refractivity contribution >= 4 is 11.3 Å². The number of aromatic nitrogens is 7. The van der Waals surface area contributed by atoms with Gasteiger partial charge < -0.3 is 5.32 Å². The molecule has 5 heterocycles. The summed E-state index contributed by atoms with van der Waals surface area (Å²) in [5.74, 6) is 0. The second-order valence-electron chi connectivity index (χ2n) is 9.04. The van der Waals surface area contributed by atoms with Crippen molar-refractivity contribution in [1.82, 2.24) is 39.6 Å². The molecule has 0 radical (unpaired) electrons. The largest absolute Gasteiger partial charge is 0.317 e. The molecular formula is C28H32N8OS. The van der Waals surface area contributed by atoms with Crippen molar-refractivity contribution in [1.29, 1.82) is 0 Å². The molecule has 0 amide bonds. The number of piperidine rings is 1. The molecule has 0 unspecified atom stereocenters. The van der Waals surface area contributed by atoms with Crippen molar-refractivity contribution in [2.75, 3.05) is 13.1 Å². The van der Waals surface area contributed by atoms with Gasteiger partial charge in [-0.15, -0.1) is 11.3 Å². The Labute approximate surface area is 225 Å². The minimum Gasteiger partial charge on any atom is -0.317 e. The number of benzene rings is 1. The van der Waals surface area contributed by atoms with Gasteiger partial charge >= 0.3 is 0 Å². The van der Waals surface area contributed by atoms with E-state index in [1.165, 1.54) is 4.68 Å². The van der Waals surface area contributed by atoms with Crippen LogP contribution in [0.4, 0.5) is 0 Å². The molecule has 5 aromatic rings. The maximum atomic E-state index is 12.5. The topological polar surface area (TPSA) is 95.5 Å². The van der Waals surface area contributed by atoms with E-state index < -0.39 is 0 Å². The molecule has 1 saturated heterocycles. The summed E-state index contributed by atoms with van der Waals surface area (Å²) < 4.78 is 5.31. The first-order valence-electron chi connectivity index (χ1n) is 13.0. The highest BCUT2D eigenvalue weighted by Crippen LogP contribution is 2.33. The van der Waals surface area contributed by atoms with Crippen molar-refractivity contribution in [2.45, 2.75) is 39.3 Å². The fourth-order valence-corrected chi connectivity index (χ4v) is 5.41. The standard InChI is InChI=1S/C26H26N8OS.C2H6/c1-32-16-20(12-29-32)23-5-6-25(35)34(31-23)15-18-3-2-4-19(11-18)26-28-14-24(36-26)21-13-30-33(17-21)22-7-9-27-10-8-22;1-2/h2-6,11-14,16-17,22,27H,7-10,15H2,1H3;1-2H3. The van der Waals surface area contributed by atoms with Crippen LogP contribution in [0.15, 0.2) is 72.2 Å². The second-order valence-corrected chi connectivity index (χ2v) is 10.1. The summed E-state index contributed by atoms with van der Waals surface area (Å²) >= 11 is 1.65. The van der Waals surface area contributed by atoms with Crippen molar-refractivity contribution in [3.8, 4) is 32.3 Å². The number of thiazole rings is 1. The molecule has 4 aromatic heterocycles. The third kappa shape index (κ3) is 5.66. The van der Waals surface area contributed by atoms with E-state index in [1.807, 2.05) is 57.7 Å². The van der Waals surface area contributed by atoms with E-state index in [1.54, 1.807) is 34.3 Å².